The van der Waals surface area contributed by atoms with E-state index in [1.54, 1.807) is 30.3 Å². The molecule has 0 aliphatic heterocycles. The lowest BCUT2D eigenvalue weighted by molar-refractivity contribution is -0.140. The van der Waals surface area contributed by atoms with Crippen molar-refractivity contribution in [3.8, 4) is 0 Å². The molecule has 3 aromatic carbocycles. The highest BCUT2D eigenvalue weighted by Crippen LogP contribution is 2.34. The zero-order valence-corrected chi connectivity index (χ0v) is 25.8. The standard InChI is InChI=1S/C29H32Cl3N3O4S/c1-29(2,3)33-28(37)25(17-20-10-6-5-7-11-20)34(18-21-12-8-13-22(30)16-21)26(36)19-35(40(4,38)39)24-15-9-14-23(31)27(24)32/h5-16,25H,17-19H2,1-4H3,(H,33,37)/t25-/m1/s1. The summed E-state index contributed by atoms with van der Waals surface area (Å²) in [6.07, 6.45) is 1.18. The molecule has 0 unspecified atom stereocenters. The molecular formula is C29H32Cl3N3O4S. The molecule has 0 heterocycles. The Balaban J connectivity index is 2.10. The van der Waals surface area contributed by atoms with Crippen molar-refractivity contribution in [1.82, 2.24) is 10.2 Å². The topological polar surface area (TPSA) is 86.8 Å². The minimum absolute atomic E-state index is 0.00454. The number of hydrogen-bond donors (Lipinski definition) is 1. The number of hydrogen-bond acceptors (Lipinski definition) is 4. The lowest BCUT2D eigenvalue weighted by Gasteiger charge is -2.35. The van der Waals surface area contributed by atoms with Crippen LogP contribution in [0.1, 0.15) is 31.9 Å². The van der Waals surface area contributed by atoms with Crippen LogP contribution >= 0.6 is 34.8 Å². The Morgan fingerprint density at radius 1 is 0.900 bits per heavy atom. The molecule has 0 spiro atoms. The molecule has 2 amide bonds. The Hall–Kier alpha value is -2.78. The normalized spacial score (nSPS) is 12.5. The minimum atomic E-state index is -3.98. The van der Waals surface area contributed by atoms with Gasteiger partial charge < -0.3 is 10.2 Å². The van der Waals surface area contributed by atoms with Crippen LogP contribution in [-0.4, -0.2) is 49.5 Å². The molecule has 3 aromatic rings. The van der Waals surface area contributed by atoms with Gasteiger partial charge in [0.05, 0.1) is 22.0 Å². The highest BCUT2D eigenvalue weighted by molar-refractivity contribution is 7.92. The number of benzene rings is 3. The summed E-state index contributed by atoms with van der Waals surface area (Å²) in [6, 6.07) is 19.8. The summed E-state index contributed by atoms with van der Waals surface area (Å²) in [5.74, 6) is -0.982. The Bertz CT molecular complexity index is 1460. The van der Waals surface area contributed by atoms with Gasteiger partial charge in [0, 0.05) is 23.5 Å². The van der Waals surface area contributed by atoms with Gasteiger partial charge in [0.25, 0.3) is 0 Å². The Morgan fingerprint density at radius 2 is 1.52 bits per heavy atom. The smallest absolute Gasteiger partial charge is 0.244 e. The fourth-order valence-electron chi connectivity index (χ4n) is 4.12. The summed E-state index contributed by atoms with van der Waals surface area (Å²) in [5, 5.41) is 3.58. The number of carbonyl (C=O) groups excluding carboxylic acids is 2. The molecule has 0 aromatic heterocycles. The van der Waals surface area contributed by atoms with E-state index < -0.39 is 34.1 Å². The first-order valence-electron chi connectivity index (χ1n) is 12.5. The van der Waals surface area contributed by atoms with Gasteiger partial charge in [-0.15, -0.1) is 0 Å². The molecule has 3 rings (SSSR count). The van der Waals surface area contributed by atoms with Crippen molar-refractivity contribution in [3.63, 3.8) is 0 Å². The zero-order valence-electron chi connectivity index (χ0n) is 22.7. The quantitative estimate of drug-likeness (QED) is 0.301. The third-order valence-corrected chi connectivity index (χ3v) is 8.06. The van der Waals surface area contributed by atoms with Crippen molar-refractivity contribution >= 4 is 62.3 Å². The van der Waals surface area contributed by atoms with Crippen LogP contribution in [0.25, 0.3) is 0 Å². The van der Waals surface area contributed by atoms with Crippen molar-refractivity contribution in [3.05, 3.63) is 99.0 Å². The number of rotatable bonds is 10. The second-order valence-electron chi connectivity index (χ2n) is 10.4. The molecule has 1 N–H and O–H groups in total. The fraction of sp³-hybridized carbons (Fsp3) is 0.310. The van der Waals surface area contributed by atoms with Gasteiger partial charge in [-0.3, -0.25) is 13.9 Å². The maximum absolute atomic E-state index is 14.1. The van der Waals surface area contributed by atoms with Crippen molar-refractivity contribution in [2.24, 2.45) is 0 Å². The van der Waals surface area contributed by atoms with Crippen molar-refractivity contribution in [1.29, 1.82) is 0 Å². The molecule has 0 bridgehead atoms. The van der Waals surface area contributed by atoms with Crippen LogP contribution in [0.15, 0.2) is 72.8 Å². The molecule has 214 valence electrons. The molecule has 7 nitrogen and oxygen atoms in total. The van der Waals surface area contributed by atoms with E-state index in [4.69, 9.17) is 34.8 Å². The third-order valence-electron chi connectivity index (χ3n) is 5.89. The third kappa shape index (κ3) is 8.86. The molecule has 0 saturated heterocycles. The lowest BCUT2D eigenvalue weighted by Crippen LogP contribution is -2.56. The number of halogens is 3. The number of anilines is 1. The largest absolute Gasteiger partial charge is 0.350 e. The fourth-order valence-corrected chi connectivity index (χ4v) is 5.63. The van der Waals surface area contributed by atoms with Crippen LogP contribution in [0.4, 0.5) is 5.69 Å². The second kappa shape index (κ2) is 13.3. The van der Waals surface area contributed by atoms with E-state index in [9.17, 15) is 18.0 Å². The van der Waals surface area contributed by atoms with Gasteiger partial charge in [0.1, 0.15) is 12.6 Å². The van der Waals surface area contributed by atoms with Gasteiger partial charge in [-0.1, -0.05) is 83.3 Å². The van der Waals surface area contributed by atoms with Crippen LogP contribution in [0.5, 0.6) is 0 Å². The molecular weight excluding hydrogens is 593 g/mol. The van der Waals surface area contributed by atoms with Crippen LogP contribution in [0.3, 0.4) is 0 Å². The van der Waals surface area contributed by atoms with E-state index in [0.717, 1.165) is 16.1 Å². The summed E-state index contributed by atoms with van der Waals surface area (Å²) >= 11 is 18.7. The van der Waals surface area contributed by atoms with Gasteiger partial charge in [0.2, 0.25) is 21.8 Å². The number of nitrogens with one attached hydrogen (secondary N) is 1. The Morgan fingerprint density at radius 3 is 2.12 bits per heavy atom. The Kier molecular flexibility index (Phi) is 10.5. The molecule has 11 heteroatoms. The van der Waals surface area contributed by atoms with Crippen LogP contribution < -0.4 is 9.62 Å². The van der Waals surface area contributed by atoms with E-state index in [0.29, 0.717) is 10.6 Å². The monoisotopic (exact) mass is 623 g/mol. The molecule has 0 fully saturated rings. The molecule has 40 heavy (non-hydrogen) atoms. The van der Waals surface area contributed by atoms with Crippen molar-refractivity contribution in [2.75, 3.05) is 17.1 Å². The van der Waals surface area contributed by atoms with E-state index in [1.165, 1.54) is 17.0 Å². The van der Waals surface area contributed by atoms with Crippen LogP contribution in [0, 0.1) is 0 Å². The van der Waals surface area contributed by atoms with Gasteiger partial charge in [-0.25, -0.2) is 8.42 Å². The molecule has 0 radical (unpaired) electrons. The summed E-state index contributed by atoms with van der Waals surface area (Å²) in [7, 11) is -3.98. The van der Waals surface area contributed by atoms with Crippen molar-refractivity contribution < 1.29 is 18.0 Å². The van der Waals surface area contributed by atoms with Gasteiger partial charge in [0.15, 0.2) is 0 Å². The molecule has 1 atom stereocenters. The summed E-state index contributed by atoms with van der Waals surface area (Å²) in [6.45, 7) is 4.95. The average molecular weight is 625 g/mol. The van der Waals surface area contributed by atoms with E-state index in [-0.39, 0.29) is 34.6 Å². The minimum Gasteiger partial charge on any atom is -0.350 e. The van der Waals surface area contributed by atoms with Crippen LogP contribution in [0.2, 0.25) is 15.1 Å². The highest BCUT2D eigenvalue weighted by atomic mass is 35.5. The predicted molar refractivity (Wildman–Crippen MR) is 162 cm³/mol. The second-order valence-corrected chi connectivity index (χ2v) is 13.6. The first kappa shape index (κ1) is 31.7. The van der Waals surface area contributed by atoms with Crippen molar-refractivity contribution in [2.45, 2.75) is 45.3 Å². The SMILES string of the molecule is CC(C)(C)NC(=O)[C@@H](Cc1ccccc1)N(Cc1cccc(Cl)c1)C(=O)CN(c1cccc(Cl)c1Cl)S(C)(=O)=O. The summed E-state index contributed by atoms with van der Waals surface area (Å²) in [5.41, 5.74) is 0.989. The van der Waals surface area contributed by atoms with Crippen LogP contribution in [-0.2, 0) is 32.6 Å². The first-order chi connectivity index (χ1) is 18.7. The Labute approximate surface area is 251 Å². The maximum Gasteiger partial charge on any atom is 0.244 e. The molecule has 0 aliphatic rings. The first-order valence-corrected chi connectivity index (χ1v) is 15.5. The maximum atomic E-state index is 14.1. The molecule has 0 saturated carbocycles. The molecule has 0 aliphatic carbocycles. The van der Waals surface area contributed by atoms with E-state index >= 15 is 0 Å². The lowest BCUT2D eigenvalue weighted by atomic mass is 10.0. The highest BCUT2D eigenvalue weighted by Gasteiger charge is 2.34. The number of sulfonamides is 1. The van der Waals surface area contributed by atoms with Gasteiger partial charge >= 0.3 is 0 Å². The van der Waals surface area contributed by atoms with Gasteiger partial charge in [-0.05, 0) is 56.2 Å². The number of amides is 2. The predicted octanol–water partition coefficient (Wildman–Crippen LogP) is 5.97. The number of nitrogens with zero attached hydrogens (tertiary/aromatic N) is 2. The van der Waals surface area contributed by atoms with Gasteiger partial charge in [-0.2, -0.15) is 0 Å². The average Bonchev–Trinajstić information content (AvgIpc) is 2.85. The summed E-state index contributed by atoms with van der Waals surface area (Å²) < 4.78 is 26.7. The van der Waals surface area contributed by atoms with E-state index in [2.05, 4.69) is 5.32 Å². The van der Waals surface area contributed by atoms with E-state index in [1.807, 2.05) is 51.1 Å². The zero-order chi connectivity index (χ0) is 29.7. The number of carbonyl (C=O) groups is 2. The summed E-state index contributed by atoms with van der Waals surface area (Å²) in [4.78, 5) is 29.2.